The summed E-state index contributed by atoms with van der Waals surface area (Å²) in [5.41, 5.74) is 0.0551. The summed E-state index contributed by atoms with van der Waals surface area (Å²) in [5.74, 6) is 0.918. The van der Waals surface area contributed by atoms with Crippen LogP contribution in [-0.4, -0.2) is 69.8 Å². The number of sulfonamides is 1. The molecule has 1 fully saturated rings. The molecule has 0 unspecified atom stereocenters. The second kappa shape index (κ2) is 13.1. The predicted molar refractivity (Wildman–Crippen MR) is 121 cm³/mol. The van der Waals surface area contributed by atoms with Gasteiger partial charge in [-0.1, -0.05) is 6.42 Å². The summed E-state index contributed by atoms with van der Waals surface area (Å²) >= 11 is 0. The van der Waals surface area contributed by atoms with Crippen LogP contribution in [0.4, 0.5) is 0 Å². The number of halogens is 1. The van der Waals surface area contributed by atoms with Crippen LogP contribution in [0.15, 0.2) is 4.99 Å². The molecule has 0 aromatic heterocycles. The van der Waals surface area contributed by atoms with Crippen LogP contribution in [0.25, 0.3) is 0 Å². The Morgan fingerprint density at radius 1 is 1.08 bits per heavy atom. The van der Waals surface area contributed by atoms with Crippen LogP contribution in [-0.2, 0) is 10.0 Å². The average molecular weight is 503 g/mol. The number of hydrogen-bond acceptors (Lipinski definition) is 4. The third kappa shape index (κ3) is 10.3. The Balaban J connectivity index is 0.00000625. The number of rotatable bonds is 10. The number of guanidine groups is 1. The van der Waals surface area contributed by atoms with Gasteiger partial charge in [-0.05, 0) is 60.0 Å². The molecule has 0 amide bonds. The molecular weight excluding hydrogens is 465 g/mol. The highest BCUT2D eigenvalue weighted by Gasteiger charge is 2.27. The van der Waals surface area contributed by atoms with E-state index >= 15 is 0 Å². The lowest BCUT2D eigenvalue weighted by molar-refractivity contribution is 0.102. The molecule has 1 saturated heterocycles. The highest BCUT2D eigenvalue weighted by molar-refractivity contribution is 14.0. The number of likely N-dealkylation sites (tertiary alicyclic amines) is 1. The first-order valence-corrected chi connectivity index (χ1v) is 11.2. The van der Waals surface area contributed by atoms with Gasteiger partial charge in [0, 0.05) is 25.2 Å². The zero-order chi connectivity index (χ0) is 18.8. The molecule has 7 nitrogen and oxygen atoms in total. The van der Waals surface area contributed by atoms with Gasteiger partial charge in [-0.25, -0.2) is 13.1 Å². The highest BCUT2D eigenvalue weighted by atomic mass is 127. The van der Waals surface area contributed by atoms with Gasteiger partial charge in [0.1, 0.15) is 0 Å². The summed E-state index contributed by atoms with van der Waals surface area (Å²) < 4.78 is 25.4. The second-order valence-corrected chi connectivity index (χ2v) is 9.23. The molecule has 3 N–H and O–H groups in total. The molecule has 1 aliphatic heterocycles. The maximum atomic E-state index is 11.4. The molecule has 0 bridgehead atoms. The Morgan fingerprint density at radius 2 is 1.73 bits per heavy atom. The van der Waals surface area contributed by atoms with Gasteiger partial charge in [-0.2, -0.15) is 0 Å². The summed E-state index contributed by atoms with van der Waals surface area (Å²) in [6.07, 6.45) is 4.61. The van der Waals surface area contributed by atoms with Crippen molar-refractivity contribution in [2.45, 2.75) is 58.9 Å². The molecule has 1 heterocycles. The van der Waals surface area contributed by atoms with Crippen LogP contribution in [0, 0.1) is 0 Å². The Labute approximate surface area is 177 Å². The first-order chi connectivity index (χ1) is 11.8. The quantitative estimate of drug-likeness (QED) is 0.183. The van der Waals surface area contributed by atoms with Gasteiger partial charge in [-0.3, -0.25) is 9.89 Å². The minimum atomic E-state index is -3.10. The van der Waals surface area contributed by atoms with E-state index in [9.17, 15) is 8.42 Å². The molecule has 0 spiro atoms. The minimum Gasteiger partial charge on any atom is -0.357 e. The SMILES string of the molecule is CCNC(=NCC(C)(C)N1CCCCC1)NCCCNS(=O)(=O)CC.I. The van der Waals surface area contributed by atoms with E-state index < -0.39 is 10.0 Å². The van der Waals surface area contributed by atoms with Crippen molar-refractivity contribution in [2.75, 3.05) is 45.0 Å². The Morgan fingerprint density at radius 3 is 2.31 bits per heavy atom. The van der Waals surface area contributed by atoms with Crippen molar-refractivity contribution in [3.8, 4) is 0 Å². The fourth-order valence-corrected chi connectivity index (χ4v) is 3.50. The van der Waals surface area contributed by atoms with Crippen molar-refractivity contribution in [3.05, 3.63) is 0 Å². The topological polar surface area (TPSA) is 85.8 Å². The highest BCUT2D eigenvalue weighted by Crippen LogP contribution is 2.20. The van der Waals surface area contributed by atoms with Gasteiger partial charge in [0.05, 0.1) is 12.3 Å². The van der Waals surface area contributed by atoms with Gasteiger partial charge in [0.2, 0.25) is 10.0 Å². The van der Waals surface area contributed by atoms with Crippen LogP contribution in [0.5, 0.6) is 0 Å². The summed E-state index contributed by atoms with van der Waals surface area (Å²) in [6.45, 7) is 13.2. The van der Waals surface area contributed by atoms with Crippen molar-refractivity contribution < 1.29 is 8.42 Å². The first kappa shape index (κ1) is 25.9. The molecule has 26 heavy (non-hydrogen) atoms. The standard InChI is InChI=1S/C17H37N5O2S.HI/c1-5-18-16(19-11-10-12-21-25(23,24)6-2)20-15-17(3,4)22-13-8-7-9-14-22;/h21H,5-15H2,1-4H3,(H2,18,19,20);1H. The predicted octanol–water partition coefficient (Wildman–Crippen LogP) is 1.75. The van der Waals surface area contributed by atoms with Gasteiger partial charge in [0.25, 0.3) is 0 Å². The number of nitrogens with one attached hydrogen (secondary N) is 3. The van der Waals surface area contributed by atoms with Crippen molar-refractivity contribution >= 4 is 40.0 Å². The third-order valence-electron chi connectivity index (χ3n) is 4.53. The fourth-order valence-electron chi connectivity index (χ4n) is 2.84. The summed E-state index contributed by atoms with van der Waals surface area (Å²) in [6, 6.07) is 0. The molecule has 1 aliphatic rings. The molecule has 156 valence electrons. The fraction of sp³-hybridized carbons (Fsp3) is 0.941. The van der Waals surface area contributed by atoms with Crippen LogP contribution in [0.3, 0.4) is 0 Å². The van der Waals surface area contributed by atoms with Gasteiger partial charge in [-0.15, -0.1) is 24.0 Å². The Hall–Kier alpha value is -0.130. The van der Waals surface area contributed by atoms with E-state index in [0.29, 0.717) is 13.1 Å². The monoisotopic (exact) mass is 503 g/mol. The smallest absolute Gasteiger partial charge is 0.211 e. The zero-order valence-electron chi connectivity index (χ0n) is 16.8. The van der Waals surface area contributed by atoms with Gasteiger partial charge >= 0.3 is 0 Å². The van der Waals surface area contributed by atoms with Crippen molar-refractivity contribution in [1.82, 2.24) is 20.3 Å². The van der Waals surface area contributed by atoms with Crippen LogP contribution in [0.2, 0.25) is 0 Å². The number of piperidine rings is 1. The maximum Gasteiger partial charge on any atom is 0.211 e. The maximum absolute atomic E-state index is 11.4. The number of nitrogens with zero attached hydrogens (tertiary/aromatic N) is 2. The van der Waals surface area contributed by atoms with Gasteiger partial charge < -0.3 is 10.6 Å². The summed E-state index contributed by atoms with van der Waals surface area (Å²) in [7, 11) is -3.10. The molecule has 0 aliphatic carbocycles. The Bertz CT molecular complexity index is 505. The average Bonchev–Trinajstić information content (AvgIpc) is 2.60. The van der Waals surface area contributed by atoms with E-state index in [0.717, 1.165) is 38.6 Å². The van der Waals surface area contributed by atoms with E-state index in [1.807, 2.05) is 6.92 Å². The van der Waals surface area contributed by atoms with Crippen molar-refractivity contribution in [2.24, 2.45) is 4.99 Å². The van der Waals surface area contributed by atoms with Crippen molar-refractivity contribution in [3.63, 3.8) is 0 Å². The zero-order valence-corrected chi connectivity index (χ0v) is 20.0. The third-order valence-corrected chi connectivity index (χ3v) is 5.93. The Kier molecular flexibility index (Phi) is 13.0. The normalized spacial score (nSPS) is 16.8. The molecule has 0 radical (unpaired) electrons. The summed E-state index contributed by atoms with van der Waals surface area (Å²) in [5, 5.41) is 6.54. The summed E-state index contributed by atoms with van der Waals surface area (Å²) in [4.78, 5) is 7.27. The van der Waals surface area contributed by atoms with E-state index in [-0.39, 0.29) is 35.3 Å². The molecular formula is C17H38IN5O2S. The van der Waals surface area contributed by atoms with E-state index in [2.05, 4.69) is 34.1 Å². The van der Waals surface area contributed by atoms with Crippen LogP contribution in [0.1, 0.15) is 53.4 Å². The molecule has 0 aromatic rings. The molecule has 0 saturated carbocycles. The lowest BCUT2D eigenvalue weighted by Crippen LogP contribution is -2.49. The minimum absolute atomic E-state index is 0. The number of aliphatic imine (C=N–C) groups is 1. The van der Waals surface area contributed by atoms with E-state index in [1.165, 1.54) is 19.3 Å². The van der Waals surface area contributed by atoms with Crippen LogP contribution >= 0.6 is 24.0 Å². The number of hydrogen-bond donors (Lipinski definition) is 3. The largest absolute Gasteiger partial charge is 0.357 e. The molecule has 9 heteroatoms. The van der Waals surface area contributed by atoms with Crippen molar-refractivity contribution in [1.29, 1.82) is 0 Å². The lowest BCUT2D eigenvalue weighted by Gasteiger charge is -2.40. The second-order valence-electron chi connectivity index (χ2n) is 7.13. The lowest BCUT2D eigenvalue weighted by atomic mass is 9.99. The van der Waals surface area contributed by atoms with Gasteiger partial charge in [0.15, 0.2) is 5.96 Å². The van der Waals surface area contributed by atoms with E-state index in [1.54, 1.807) is 6.92 Å². The molecule has 0 aromatic carbocycles. The first-order valence-electron chi connectivity index (χ1n) is 9.55. The van der Waals surface area contributed by atoms with E-state index in [4.69, 9.17) is 4.99 Å². The molecule has 1 rings (SSSR count). The molecule has 0 atom stereocenters. The van der Waals surface area contributed by atoms with Crippen LogP contribution < -0.4 is 15.4 Å².